The molecule has 7 rings (SSSR count). The third-order valence-corrected chi connectivity index (χ3v) is 7.58. The highest BCUT2D eigenvalue weighted by molar-refractivity contribution is 5.97. The van der Waals surface area contributed by atoms with Gasteiger partial charge in [0.15, 0.2) is 6.61 Å². The number of carbonyl (C=O) groups excluding carboxylic acids is 3. The summed E-state index contributed by atoms with van der Waals surface area (Å²) in [6.45, 7) is 0.899. The van der Waals surface area contributed by atoms with Gasteiger partial charge in [0.1, 0.15) is 23.4 Å². The lowest BCUT2D eigenvalue weighted by Crippen LogP contribution is -2.58. The number of likely N-dealkylation sites (tertiary alicyclic amines) is 1. The predicted molar refractivity (Wildman–Crippen MR) is 157 cm³/mol. The highest BCUT2D eigenvalue weighted by atomic mass is 16.5. The maximum atomic E-state index is 13.7. The Labute approximate surface area is 248 Å². The van der Waals surface area contributed by atoms with E-state index in [9.17, 15) is 14.4 Å². The van der Waals surface area contributed by atoms with Crippen LogP contribution in [0.25, 0.3) is 11.1 Å². The Kier molecular flexibility index (Phi) is 7.94. The van der Waals surface area contributed by atoms with Crippen LogP contribution in [0.15, 0.2) is 79.1 Å². The molecule has 11 heteroatoms. The lowest BCUT2D eigenvalue weighted by Gasteiger charge is -2.38. The number of carbonyl (C=O) groups is 3. The SMILES string of the molecule is COc1ccc2cc1-c1cccc(c1)OCC(=O)NCc1ccc(cc1)O[C@@H]1CCN(C(=O)c3cn[nH]c3)C[C@H]1NC2=O. The van der Waals surface area contributed by atoms with Crippen LogP contribution in [0.5, 0.6) is 17.2 Å². The second-order valence-electron chi connectivity index (χ2n) is 10.4. The summed E-state index contributed by atoms with van der Waals surface area (Å²) < 4.78 is 17.7. The third-order valence-electron chi connectivity index (χ3n) is 7.58. The van der Waals surface area contributed by atoms with Crippen molar-refractivity contribution in [2.45, 2.75) is 25.1 Å². The van der Waals surface area contributed by atoms with Crippen LogP contribution in [0, 0.1) is 0 Å². The van der Waals surface area contributed by atoms with E-state index in [1.807, 2.05) is 36.4 Å². The van der Waals surface area contributed by atoms with Crippen molar-refractivity contribution >= 4 is 17.7 Å². The Balaban J connectivity index is 1.34. The second-order valence-corrected chi connectivity index (χ2v) is 10.4. The molecule has 1 fully saturated rings. The third kappa shape index (κ3) is 6.30. The van der Waals surface area contributed by atoms with Crippen LogP contribution in [0.3, 0.4) is 0 Å². The van der Waals surface area contributed by atoms with Crippen molar-refractivity contribution in [1.29, 1.82) is 0 Å². The van der Waals surface area contributed by atoms with Gasteiger partial charge in [0, 0.05) is 43.4 Å². The topological polar surface area (TPSA) is 135 Å². The van der Waals surface area contributed by atoms with E-state index in [4.69, 9.17) is 14.2 Å². The van der Waals surface area contributed by atoms with Gasteiger partial charge in [-0.25, -0.2) is 0 Å². The number of amides is 3. The molecule has 3 aliphatic rings. The smallest absolute Gasteiger partial charge is 0.258 e. The van der Waals surface area contributed by atoms with Gasteiger partial charge >= 0.3 is 0 Å². The van der Waals surface area contributed by atoms with Gasteiger partial charge < -0.3 is 29.7 Å². The van der Waals surface area contributed by atoms with E-state index in [0.29, 0.717) is 53.4 Å². The van der Waals surface area contributed by atoms with Crippen LogP contribution in [-0.2, 0) is 11.3 Å². The van der Waals surface area contributed by atoms with Crippen molar-refractivity contribution in [1.82, 2.24) is 25.7 Å². The van der Waals surface area contributed by atoms with E-state index in [0.717, 1.165) is 11.1 Å². The highest BCUT2D eigenvalue weighted by Crippen LogP contribution is 2.33. The first-order valence-corrected chi connectivity index (χ1v) is 14.0. The molecule has 1 saturated heterocycles. The standard InChI is InChI=1S/C32H31N5O6/c1-41-28-10-7-22-14-26(28)21-3-2-4-25(13-21)42-19-30(38)33-15-20-5-8-24(9-6-20)43-29-11-12-37(18-27(29)36-31(22)39)32(40)23-16-34-35-17-23/h2-10,13-14,16-17,27,29H,11-12,15,18-19H2,1H3,(H,33,38)(H,34,35)(H,36,39)/t27-,29-/m1/s1. The zero-order valence-electron chi connectivity index (χ0n) is 23.5. The number of fused-ring (bicyclic) bond motifs is 7. The maximum Gasteiger partial charge on any atom is 0.258 e. The Morgan fingerprint density at radius 3 is 2.67 bits per heavy atom. The van der Waals surface area contributed by atoms with Gasteiger partial charge in [0.2, 0.25) is 0 Å². The van der Waals surface area contributed by atoms with Gasteiger partial charge in [0.05, 0.1) is 24.9 Å². The number of aromatic nitrogens is 2. The minimum absolute atomic E-state index is 0.145. The molecule has 3 aliphatic heterocycles. The Hall–Kier alpha value is -5.32. The molecule has 0 unspecified atom stereocenters. The van der Waals surface area contributed by atoms with Gasteiger partial charge in [-0.15, -0.1) is 0 Å². The molecule has 6 bridgehead atoms. The van der Waals surface area contributed by atoms with Crippen LogP contribution in [-0.4, -0.2) is 71.8 Å². The normalized spacial score (nSPS) is 18.8. The van der Waals surface area contributed by atoms with Crippen molar-refractivity contribution in [2.24, 2.45) is 0 Å². The van der Waals surface area contributed by atoms with E-state index in [2.05, 4.69) is 20.8 Å². The molecule has 0 saturated carbocycles. The molecule has 3 aromatic carbocycles. The Morgan fingerprint density at radius 2 is 1.88 bits per heavy atom. The summed E-state index contributed by atoms with van der Waals surface area (Å²) in [5.74, 6) is 0.968. The average Bonchev–Trinajstić information content (AvgIpc) is 3.58. The summed E-state index contributed by atoms with van der Waals surface area (Å²) in [6.07, 6.45) is 3.16. The molecule has 3 N–H and O–H groups in total. The Morgan fingerprint density at radius 1 is 1.02 bits per heavy atom. The first-order chi connectivity index (χ1) is 21.0. The minimum Gasteiger partial charge on any atom is -0.496 e. The predicted octanol–water partition coefficient (Wildman–Crippen LogP) is 3.19. The first kappa shape index (κ1) is 27.8. The molecule has 3 amide bonds. The molecule has 1 aromatic heterocycles. The van der Waals surface area contributed by atoms with Gasteiger partial charge in [-0.05, 0) is 53.6 Å². The van der Waals surface area contributed by atoms with Crippen LogP contribution in [0.2, 0.25) is 0 Å². The zero-order valence-corrected chi connectivity index (χ0v) is 23.5. The van der Waals surface area contributed by atoms with Crippen molar-refractivity contribution in [3.8, 4) is 28.4 Å². The molecule has 43 heavy (non-hydrogen) atoms. The van der Waals surface area contributed by atoms with E-state index in [1.54, 1.807) is 48.5 Å². The fourth-order valence-corrected chi connectivity index (χ4v) is 5.29. The van der Waals surface area contributed by atoms with Crippen molar-refractivity contribution in [3.63, 3.8) is 0 Å². The van der Waals surface area contributed by atoms with Crippen LogP contribution >= 0.6 is 0 Å². The van der Waals surface area contributed by atoms with Crippen molar-refractivity contribution in [2.75, 3.05) is 26.8 Å². The van der Waals surface area contributed by atoms with Crippen molar-refractivity contribution < 1.29 is 28.6 Å². The summed E-state index contributed by atoms with van der Waals surface area (Å²) in [7, 11) is 1.56. The highest BCUT2D eigenvalue weighted by Gasteiger charge is 2.35. The van der Waals surface area contributed by atoms with Crippen LogP contribution in [0.4, 0.5) is 0 Å². The number of piperidine rings is 1. The van der Waals surface area contributed by atoms with E-state index < -0.39 is 6.04 Å². The van der Waals surface area contributed by atoms with Crippen molar-refractivity contribution in [3.05, 3.63) is 95.8 Å². The zero-order chi connectivity index (χ0) is 29.8. The number of methoxy groups -OCH3 is 1. The molecular weight excluding hydrogens is 550 g/mol. The summed E-state index contributed by atoms with van der Waals surface area (Å²) >= 11 is 0. The van der Waals surface area contributed by atoms with E-state index in [-0.39, 0.29) is 37.0 Å². The summed E-state index contributed by atoms with van der Waals surface area (Å²) in [5.41, 5.74) is 3.21. The summed E-state index contributed by atoms with van der Waals surface area (Å²) in [4.78, 5) is 41.0. The molecule has 2 atom stereocenters. The quantitative estimate of drug-likeness (QED) is 0.331. The molecule has 4 aromatic rings. The summed E-state index contributed by atoms with van der Waals surface area (Å²) in [5, 5.41) is 12.6. The number of nitrogens with zero attached hydrogens (tertiary/aromatic N) is 2. The molecule has 11 nitrogen and oxygen atoms in total. The molecule has 0 aliphatic carbocycles. The van der Waals surface area contributed by atoms with Gasteiger partial charge in [-0.3, -0.25) is 19.5 Å². The number of rotatable bonds is 2. The number of ether oxygens (including phenoxy) is 3. The van der Waals surface area contributed by atoms with Crippen LogP contribution < -0.4 is 24.8 Å². The van der Waals surface area contributed by atoms with Crippen LogP contribution in [0.1, 0.15) is 32.7 Å². The largest absolute Gasteiger partial charge is 0.496 e. The number of hydrogen-bond donors (Lipinski definition) is 3. The molecule has 220 valence electrons. The fraction of sp³-hybridized carbons (Fsp3) is 0.250. The second kappa shape index (κ2) is 12.3. The summed E-state index contributed by atoms with van der Waals surface area (Å²) in [6, 6.07) is 19.4. The molecular formula is C32H31N5O6. The molecule has 0 spiro atoms. The van der Waals surface area contributed by atoms with Gasteiger partial charge in [-0.1, -0.05) is 24.3 Å². The fourth-order valence-electron chi connectivity index (χ4n) is 5.29. The van der Waals surface area contributed by atoms with Gasteiger partial charge in [-0.2, -0.15) is 5.10 Å². The number of H-pyrrole nitrogens is 1. The number of nitrogens with one attached hydrogen (secondary N) is 3. The molecule has 4 heterocycles. The minimum atomic E-state index is -0.496. The number of aromatic amines is 1. The lowest BCUT2D eigenvalue weighted by molar-refractivity contribution is -0.123. The average molecular weight is 582 g/mol. The monoisotopic (exact) mass is 581 g/mol. The van der Waals surface area contributed by atoms with E-state index >= 15 is 0 Å². The Bertz CT molecular complexity index is 1620. The first-order valence-electron chi connectivity index (χ1n) is 14.0. The van der Waals surface area contributed by atoms with Gasteiger partial charge in [0.25, 0.3) is 17.7 Å². The number of hydrogen-bond acceptors (Lipinski definition) is 7. The maximum absolute atomic E-state index is 13.7. The van der Waals surface area contributed by atoms with E-state index in [1.165, 1.54) is 6.20 Å². The molecule has 0 radical (unpaired) electrons. The lowest BCUT2D eigenvalue weighted by atomic mass is 9.99. The number of benzene rings is 3.